The molecule has 2 atom stereocenters. The highest BCUT2D eigenvalue weighted by Gasteiger charge is 2.43. The summed E-state index contributed by atoms with van der Waals surface area (Å²) in [5.74, 6) is -0.532. The van der Waals surface area contributed by atoms with Gasteiger partial charge in [0.15, 0.2) is 0 Å². The van der Waals surface area contributed by atoms with E-state index in [9.17, 15) is 9.59 Å². The molecule has 4 heteroatoms. The SMILES string of the molecule is CCCCCCCCC[C@]1(C(=O)OC)C=C[C@H](OC(C)=O)C1. The molecule has 1 rings (SSSR count). The Hall–Kier alpha value is -1.32. The van der Waals surface area contributed by atoms with Crippen molar-refractivity contribution in [1.29, 1.82) is 0 Å². The van der Waals surface area contributed by atoms with E-state index in [-0.39, 0.29) is 18.0 Å². The van der Waals surface area contributed by atoms with E-state index < -0.39 is 5.41 Å². The molecule has 0 unspecified atom stereocenters. The van der Waals surface area contributed by atoms with Crippen LogP contribution in [0.15, 0.2) is 12.2 Å². The van der Waals surface area contributed by atoms with Gasteiger partial charge in [0, 0.05) is 13.3 Å². The van der Waals surface area contributed by atoms with Gasteiger partial charge in [0.2, 0.25) is 0 Å². The topological polar surface area (TPSA) is 52.6 Å². The van der Waals surface area contributed by atoms with E-state index in [1.165, 1.54) is 46.1 Å². The average Bonchev–Trinajstić information content (AvgIpc) is 2.89. The highest BCUT2D eigenvalue weighted by atomic mass is 16.5. The Labute approximate surface area is 134 Å². The lowest BCUT2D eigenvalue weighted by atomic mass is 9.81. The molecular weight excluding hydrogens is 280 g/mol. The van der Waals surface area contributed by atoms with Gasteiger partial charge in [-0.2, -0.15) is 0 Å². The van der Waals surface area contributed by atoms with Crippen LogP contribution >= 0.6 is 0 Å². The van der Waals surface area contributed by atoms with Crippen molar-refractivity contribution in [3.05, 3.63) is 12.2 Å². The molecule has 22 heavy (non-hydrogen) atoms. The molecule has 0 N–H and O–H groups in total. The lowest BCUT2D eigenvalue weighted by Crippen LogP contribution is -2.31. The maximum Gasteiger partial charge on any atom is 0.315 e. The van der Waals surface area contributed by atoms with Crippen LogP contribution in [0.5, 0.6) is 0 Å². The molecule has 0 radical (unpaired) electrons. The van der Waals surface area contributed by atoms with E-state index in [0.29, 0.717) is 6.42 Å². The first-order valence-electron chi connectivity index (χ1n) is 8.49. The summed E-state index contributed by atoms with van der Waals surface area (Å²) in [6.07, 6.45) is 13.1. The number of ether oxygens (including phenoxy) is 2. The van der Waals surface area contributed by atoms with E-state index in [4.69, 9.17) is 9.47 Å². The third kappa shape index (κ3) is 5.82. The van der Waals surface area contributed by atoms with E-state index in [1.807, 2.05) is 12.2 Å². The van der Waals surface area contributed by atoms with Gasteiger partial charge in [0.05, 0.1) is 12.5 Å². The predicted molar refractivity (Wildman–Crippen MR) is 86.4 cm³/mol. The van der Waals surface area contributed by atoms with Gasteiger partial charge in [0.1, 0.15) is 6.10 Å². The monoisotopic (exact) mass is 310 g/mol. The summed E-state index contributed by atoms with van der Waals surface area (Å²) in [5.41, 5.74) is -0.613. The second-order valence-corrected chi connectivity index (χ2v) is 6.23. The average molecular weight is 310 g/mol. The predicted octanol–water partition coefficient (Wildman–Crippen LogP) is 4.18. The molecule has 126 valence electrons. The first kappa shape index (κ1) is 18.7. The Morgan fingerprint density at radius 2 is 1.77 bits per heavy atom. The van der Waals surface area contributed by atoms with Crippen LogP contribution in [0.1, 0.15) is 71.6 Å². The van der Waals surface area contributed by atoms with E-state index in [2.05, 4.69) is 6.92 Å². The number of esters is 2. The number of methoxy groups -OCH3 is 1. The van der Waals surface area contributed by atoms with Crippen LogP contribution < -0.4 is 0 Å². The Kier molecular flexibility index (Phi) is 8.21. The molecule has 0 aromatic rings. The third-order valence-corrected chi connectivity index (χ3v) is 4.33. The molecular formula is C18H30O4. The molecule has 0 saturated carbocycles. The molecule has 0 spiro atoms. The zero-order valence-electron chi connectivity index (χ0n) is 14.2. The minimum Gasteiger partial charge on any atom is -0.468 e. The van der Waals surface area contributed by atoms with Crippen LogP contribution in [0.4, 0.5) is 0 Å². The molecule has 0 aromatic heterocycles. The summed E-state index contributed by atoms with van der Waals surface area (Å²) in [7, 11) is 1.42. The van der Waals surface area contributed by atoms with Crippen LogP contribution in [0.3, 0.4) is 0 Å². The number of hydrogen-bond donors (Lipinski definition) is 0. The van der Waals surface area contributed by atoms with Crippen LogP contribution in [0.25, 0.3) is 0 Å². The normalized spacial score (nSPS) is 23.5. The van der Waals surface area contributed by atoms with E-state index >= 15 is 0 Å². The zero-order valence-corrected chi connectivity index (χ0v) is 14.2. The van der Waals surface area contributed by atoms with E-state index in [0.717, 1.165) is 19.3 Å². The van der Waals surface area contributed by atoms with Crippen molar-refractivity contribution < 1.29 is 19.1 Å². The molecule has 0 heterocycles. The molecule has 1 aliphatic rings. The van der Waals surface area contributed by atoms with Gasteiger partial charge >= 0.3 is 11.9 Å². The van der Waals surface area contributed by atoms with Crippen molar-refractivity contribution in [2.75, 3.05) is 7.11 Å². The highest BCUT2D eigenvalue weighted by Crippen LogP contribution is 2.39. The minimum atomic E-state index is -0.613. The van der Waals surface area contributed by atoms with Crippen molar-refractivity contribution in [3.63, 3.8) is 0 Å². The number of carbonyl (C=O) groups is 2. The minimum absolute atomic E-state index is 0.218. The van der Waals surface area contributed by atoms with Gasteiger partial charge < -0.3 is 9.47 Å². The van der Waals surface area contributed by atoms with Crippen molar-refractivity contribution in [2.24, 2.45) is 5.41 Å². The summed E-state index contributed by atoms with van der Waals surface area (Å²) in [5, 5.41) is 0. The van der Waals surface area contributed by atoms with Crippen LogP contribution in [0.2, 0.25) is 0 Å². The summed E-state index contributed by atoms with van der Waals surface area (Å²) in [4.78, 5) is 23.2. The summed E-state index contributed by atoms with van der Waals surface area (Å²) < 4.78 is 10.2. The van der Waals surface area contributed by atoms with Gasteiger partial charge in [-0.25, -0.2) is 0 Å². The molecule has 0 fully saturated rings. The lowest BCUT2D eigenvalue weighted by Gasteiger charge is -2.25. The lowest BCUT2D eigenvalue weighted by molar-refractivity contribution is -0.154. The second-order valence-electron chi connectivity index (χ2n) is 6.23. The van der Waals surface area contributed by atoms with Crippen LogP contribution in [-0.4, -0.2) is 25.2 Å². The third-order valence-electron chi connectivity index (χ3n) is 4.33. The number of rotatable bonds is 10. The van der Waals surface area contributed by atoms with Crippen LogP contribution in [-0.2, 0) is 19.1 Å². The van der Waals surface area contributed by atoms with E-state index in [1.54, 1.807) is 0 Å². The first-order valence-corrected chi connectivity index (χ1v) is 8.49. The highest BCUT2D eigenvalue weighted by molar-refractivity contribution is 5.80. The van der Waals surface area contributed by atoms with Crippen molar-refractivity contribution in [1.82, 2.24) is 0 Å². The largest absolute Gasteiger partial charge is 0.468 e. The summed E-state index contributed by atoms with van der Waals surface area (Å²) in [6, 6.07) is 0. The van der Waals surface area contributed by atoms with Gasteiger partial charge in [0.25, 0.3) is 0 Å². The Morgan fingerprint density at radius 3 is 2.36 bits per heavy atom. The zero-order chi connectivity index (χ0) is 16.4. The van der Waals surface area contributed by atoms with Gasteiger partial charge in [-0.1, -0.05) is 57.9 Å². The molecule has 1 aliphatic carbocycles. The van der Waals surface area contributed by atoms with Crippen LogP contribution in [0, 0.1) is 5.41 Å². The Balaban J connectivity index is 2.41. The van der Waals surface area contributed by atoms with Crippen molar-refractivity contribution in [3.8, 4) is 0 Å². The van der Waals surface area contributed by atoms with Gasteiger partial charge in [-0.05, 0) is 12.5 Å². The molecule has 4 nitrogen and oxygen atoms in total. The molecule has 0 aliphatic heterocycles. The standard InChI is InChI=1S/C18H30O4/c1-4-5-6-7-8-9-10-12-18(17(20)21-3)13-11-16(14-18)22-15(2)19/h11,13,16H,4-10,12,14H2,1-3H3/t16-,18-/m0/s1. The summed E-state index contributed by atoms with van der Waals surface area (Å²) in [6.45, 7) is 3.61. The molecule has 0 amide bonds. The van der Waals surface area contributed by atoms with Crippen molar-refractivity contribution in [2.45, 2.75) is 77.7 Å². The number of carbonyl (C=O) groups excluding carboxylic acids is 2. The molecule has 0 aromatic carbocycles. The maximum atomic E-state index is 12.2. The fourth-order valence-electron chi connectivity index (χ4n) is 3.12. The number of unbranched alkanes of at least 4 members (excludes halogenated alkanes) is 6. The fraction of sp³-hybridized carbons (Fsp3) is 0.778. The molecule has 0 saturated heterocycles. The second kappa shape index (κ2) is 9.65. The quantitative estimate of drug-likeness (QED) is 0.345. The van der Waals surface area contributed by atoms with Crippen molar-refractivity contribution >= 4 is 11.9 Å². The maximum absolute atomic E-state index is 12.2. The van der Waals surface area contributed by atoms with Gasteiger partial charge in [-0.3, -0.25) is 9.59 Å². The smallest absolute Gasteiger partial charge is 0.315 e. The molecule has 0 bridgehead atoms. The first-order chi connectivity index (χ1) is 10.5. The Morgan fingerprint density at radius 1 is 1.14 bits per heavy atom. The summed E-state index contributed by atoms with van der Waals surface area (Å²) >= 11 is 0. The Bertz CT molecular complexity index is 389. The van der Waals surface area contributed by atoms with Gasteiger partial charge in [-0.15, -0.1) is 0 Å². The fourth-order valence-corrected chi connectivity index (χ4v) is 3.12. The number of hydrogen-bond acceptors (Lipinski definition) is 4.